The first-order valence-electron chi connectivity index (χ1n) is 12.3. The molecular formula is C29H32N2O6S. The molecule has 1 aliphatic rings. The van der Waals surface area contributed by atoms with E-state index in [-0.39, 0.29) is 39.0 Å². The zero-order valence-electron chi connectivity index (χ0n) is 22.0. The maximum Gasteiger partial charge on any atom is 0.261 e. The summed E-state index contributed by atoms with van der Waals surface area (Å²) in [6, 6.07) is 17.9. The van der Waals surface area contributed by atoms with E-state index in [2.05, 4.69) is 25.5 Å². The van der Waals surface area contributed by atoms with Gasteiger partial charge in [-0.2, -0.15) is 0 Å². The number of rotatable bonds is 7. The number of methoxy groups -OCH3 is 1. The highest BCUT2D eigenvalue weighted by Gasteiger charge is 2.25. The highest BCUT2D eigenvalue weighted by atomic mass is 32.2. The SMILES string of the molecule is COc1ccc(S(=O)(=O)Nc2cccc(C(=O)c3ccc(C(C)(C)C)cc3)c2)cc1C(=O)N1CCOCC1. The number of amides is 1. The molecule has 1 amide bonds. The molecule has 0 aromatic heterocycles. The molecule has 38 heavy (non-hydrogen) atoms. The highest BCUT2D eigenvalue weighted by Crippen LogP contribution is 2.27. The first-order valence-corrected chi connectivity index (χ1v) is 13.8. The van der Waals surface area contributed by atoms with Crippen molar-refractivity contribution < 1.29 is 27.5 Å². The first kappa shape index (κ1) is 27.3. The number of nitrogens with zero attached hydrogens (tertiary/aromatic N) is 1. The zero-order chi connectivity index (χ0) is 27.5. The molecule has 0 unspecified atom stereocenters. The summed E-state index contributed by atoms with van der Waals surface area (Å²) in [6.45, 7) is 7.97. The number of carbonyl (C=O) groups is 2. The van der Waals surface area contributed by atoms with Gasteiger partial charge in [0.25, 0.3) is 15.9 Å². The van der Waals surface area contributed by atoms with Gasteiger partial charge < -0.3 is 14.4 Å². The van der Waals surface area contributed by atoms with Gasteiger partial charge in [-0.1, -0.05) is 57.2 Å². The number of carbonyl (C=O) groups excluding carboxylic acids is 2. The molecule has 0 atom stereocenters. The Balaban J connectivity index is 1.57. The van der Waals surface area contributed by atoms with Crippen molar-refractivity contribution >= 4 is 27.4 Å². The predicted octanol–water partition coefficient (Wildman–Crippen LogP) is 4.50. The number of hydrogen-bond acceptors (Lipinski definition) is 6. The molecule has 1 saturated heterocycles. The van der Waals surface area contributed by atoms with Gasteiger partial charge in [0.15, 0.2) is 5.78 Å². The van der Waals surface area contributed by atoms with Crippen LogP contribution in [0.4, 0.5) is 5.69 Å². The summed E-state index contributed by atoms with van der Waals surface area (Å²) in [4.78, 5) is 27.7. The Hall–Kier alpha value is -3.69. The molecule has 0 saturated carbocycles. The van der Waals surface area contributed by atoms with Gasteiger partial charge in [0.2, 0.25) is 0 Å². The molecule has 1 fully saturated rings. The van der Waals surface area contributed by atoms with Gasteiger partial charge in [-0.3, -0.25) is 14.3 Å². The van der Waals surface area contributed by atoms with Crippen molar-refractivity contribution in [3.8, 4) is 5.75 Å². The van der Waals surface area contributed by atoms with Crippen molar-refractivity contribution in [1.29, 1.82) is 0 Å². The van der Waals surface area contributed by atoms with Gasteiger partial charge in [0.1, 0.15) is 5.75 Å². The van der Waals surface area contributed by atoms with Crippen LogP contribution in [0.2, 0.25) is 0 Å². The summed E-state index contributed by atoms with van der Waals surface area (Å²) in [7, 11) is -2.64. The Morgan fingerprint density at radius 1 is 0.921 bits per heavy atom. The van der Waals surface area contributed by atoms with Gasteiger partial charge >= 0.3 is 0 Å². The maximum absolute atomic E-state index is 13.3. The third-order valence-corrected chi connectivity index (χ3v) is 7.78. The minimum atomic E-state index is -4.07. The van der Waals surface area contributed by atoms with E-state index >= 15 is 0 Å². The number of sulfonamides is 1. The number of anilines is 1. The zero-order valence-corrected chi connectivity index (χ0v) is 22.8. The third-order valence-electron chi connectivity index (χ3n) is 6.40. The molecule has 0 radical (unpaired) electrons. The molecule has 1 aliphatic heterocycles. The molecule has 9 heteroatoms. The quantitative estimate of drug-likeness (QED) is 0.446. The molecule has 1 heterocycles. The molecule has 4 rings (SSSR count). The Kier molecular flexibility index (Phi) is 7.89. The Morgan fingerprint density at radius 2 is 1.61 bits per heavy atom. The van der Waals surface area contributed by atoms with E-state index in [0.29, 0.717) is 37.4 Å². The number of benzene rings is 3. The van der Waals surface area contributed by atoms with E-state index in [4.69, 9.17) is 9.47 Å². The van der Waals surface area contributed by atoms with Crippen LogP contribution in [-0.4, -0.2) is 58.4 Å². The number of ether oxygens (including phenoxy) is 2. The molecule has 3 aromatic rings. The molecule has 200 valence electrons. The van der Waals surface area contributed by atoms with Crippen LogP contribution >= 0.6 is 0 Å². The van der Waals surface area contributed by atoms with Crippen molar-refractivity contribution in [2.24, 2.45) is 0 Å². The summed E-state index contributed by atoms with van der Waals surface area (Å²) in [5.41, 5.74) is 2.33. The van der Waals surface area contributed by atoms with Crippen LogP contribution in [0.5, 0.6) is 5.75 Å². The lowest BCUT2D eigenvalue weighted by Gasteiger charge is -2.27. The third kappa shape index (κ3) is 6.06. The van der Waals surface area contributed by atoms with Crippen LogP contribution in [0.1, 0.15) is 52.6 Å². The van der Waals surface area contributed by atoms with Crippen LogP contribution in [0.25, 0.3) is 0 Å². The van der Waals surface area contributed by atoms with Gasteiger partial charge in [-0.15, -0.1) is 0 Å². The summed E-state index contributed by atoms with van der Waals surface area (Å²) < 4.78 is 39.7. The van der Waals surface area contributed by atoms with E-state index in [9.17, 15) is 18.0 Å². The number of morpholine rings is 1. The minimum Gasteiger partial charge on any atom is -0.496 e. The van der Waals surface area contributed by atoms with E-state index in [1.807, 2.05) is 12.1 Å². The monoisotopic (exact) mass is 536 g/mol. The lowest BCUT2D eigenvalue weighted by Crippen LogP contribution is -2.40. The van der Waals surface area contributed by atoms with Crippen molar-refractivity contribution in [2.75, 3.05) is 38.1 Å². The largest absolute Gasteiger partial charge is 0.496 e. The predicted molar refractivity (Wildman–Crippen MR) is 146 cm³/mol. The molecule has 1 N–H and O–H groups in total. The average molecular weight is 537 g/mol. The first-order chi connectivity index (χ1) is 18.0. The van der Waals surface area contributed by atoms with Crippen LogP contribution in [0, 0.1) is 0 Å². The fourth-order valence-corrected chi connectivity index (χ4v) is 5.26. The highest BCUT2D eigenvalue weighted by molar-refractivity contribution is 7.92. The number of ketones is 1. The van der Waals surface area contributed by atoms with Crippen molar-refractivity contribution in [2.45, 2.75) is 31.1 Å². The second-order valence-electron chi connectivity index (χ2n) is 10.1. The van der Waals surface area contributed by atoms with Gasteiger partial charge in [-0.05, 0) is 41.3 Å². The van der Waals surface area contributed by atoms with E-state index in [1.54, 1.807) is 35.2 Å². The van der Waals surface area contributed by atoms with Crippen LogP contribution in [-0.2, 0) is 20.2 Å². The number of hydrogen-bond donors (Lipinski definition) is 1. The molecular weight excluding hydrogens is 504 g/mol. The molecule has 0 aliphatic carbocycles. The topological polar surface area (TPSA) is 102 Å². The number of nitrogens with one attached hydrogen (secondary N) is 1. The summed E-state index contributed by atoms with van der Waals surface area (Å²) in [6.07, 6.45) is 0. The Bertz CT molecular complexity index is 1440. The standard InChI is InChI=1S/C29H32N2O6S/c1-29(2,3)22-10-8-20(9-11-22)27(32)21-6-5-7-23(18-21)30-38(34,35)24-12-13-26(36-4)25(19-24)28(33)31-14-16-37-17-15-31/h5-13,18-19,30H,14-17H2,1-4H3. The van der Waals surface area contributed by atoms with Crippen molar-refractivity contribution in [3.63, 3.8) is 0 Å². The normalized spacial score (nSPS) is 14.2. The Morgan fingerprint density at radius 3 is 2.24 bits per heavy atom. The van der Waals surface area contributed by atoms with E-state index in [0.717, 1.165) is 5.56 Å². The second-order valence-corrected chi connectivity index (χ2v) is 11.8. The van der Waals surface area contributed by atoms with Gasteiger partial charge in [0.05, 0.1) is 30.8 Å². The lowest BCUT2D eigenvalue weighted by molar-refractivity contribution is 0.0300. The average Bonchev–Trinajstić information content (AvgIpc) is 2.92. The minimum absolute atomic E-state index is 0.0338. The smallest absolute Gasteiger partial charge is 0.261 e. The fourth-order valence-electron chi connectivity index (χ4n) is 4.18. The van der Waals surface area contributed by atoms with Crippen LogP contribution in [0.15, 0.2) is 71.6 Å². The van der Waals surface area contributed by atoms with Gasteiger partial charge in [-0.25, -0.2) is 8.42 Å². The summed E-state index contributed by atoms with van der Waals surface area (Å²) in [5.74, 6) is -0.257. The van der Waals surface area contributed by atoms with Crippen LogP contribution < -0.4 is 9.46 Å². The second kappa shape index (κ2) is 11.0. The van der Waals surface area contributed by atoms with E-state index < -0.39 is 10.0 Å². The summed E-state index contributed by atoms with van der Waals surface area (Å²) >= 11 is 0. The van der Waals surface area contributed by atoms with E-state index in [1.165, 1.54) is 31.4 Å². The van der Waals surface area contributed by atoms with Gasteiger partial charge in [0, 0.05) is 29.9 Å². The molecule has 8 nitrogen and oxygen atoms in total. The summed E-state index contributed by atoms with van der Waals surface area (Å²) in [5, 5.41) is 0. The molecule has 3 aromatic carbocycles. The van der Waals surface area contributed by atoms with Crippen LogP contribution in [0.3, 0.4) is 0 Å². The maximum atomic E-state index is 13.3. The Labute approximate surface area is 223 Å². The lowest BCUT2D eigenvalue weighted by atomic mass is 9.86. The molecule has 0 spiro atoms. The van der Waals surface area contributed by atoms with Crippen molar-refractivity contribution in [1.82, 2.24) is 4.90 Å². The fraction of sp³-hybridized carbons (Fsp3) is 0.310. The van der Waals surface area contributed by atoms with Crippen molar-refractivity contribution in [3.05, 3.63) is 89.0 Å². The molecule has 0 bridgehead atoms.